The average molecular weight is 296 g/mol. The van der Waals surface area contributed by atoms with Crippen molar-refractivity contribution in [1.29, 1.82) is 0 Å². The van der Waals surface area contributed by atoms with Crippen molar-refractivity contribution in [1.82, 2.24) is 5.32 Å². The Bertz CT molecular complexity index is 467. The monoisotopic (exact) mass is 295 g/mol. The quantitative estimate of drug-likeness (QED) is 0.897. The smallest absolute Gasteiger partial charge is 0.224 e. The Kier molecular flexibility index (Phi) is 5.06. The molecule has 0 aliphatic heterocycles. The van der Waals surface area contributed by atoms with E-state index in [1.54, 1.807) is 6.07 Å². The number of carbonyl (C=O) groups excluding carboxylic acids is 1. The number of nitrogens with one attached hydrogen (secondary N) is 1. The maximum atomic E-state index is 11.9. The molecule has 3 nitrogen and oxygen atoms in total. The molecule has 0 spiro atoms. The Balaban J connectivity index is 1.82. The minimum Gasteiger partial charge on any atom is -0.388 e. The highest BCUT2D eigenvalue weighted by atomic mass is 35.5. The van der Waals surface area contributed by atoms with Gasteiger partial charge in [-0.05, 0) is 43.2 Å². The second kappa shape index (κ2) is 6.59. The van der Waals surface area contributed by atoms with Crippen LogP contribution in [-0.2, 0) is 11.2 Å². The van der Waals surface area contributed by atoms with Gasteiger partial charge in [0, 0.05) is 11.6 Å². The molecule has 1 saturated carbocycles. The second-order valence-electron chi connectivity index (χ2n) is 5.95. The van der Waals surface area contributed by atoms with Crippen LogP contribution in [0.5, 0.6) is 0 Å². The molecule has 2 rings (SSSR count). The van der Waals surface area contributed by atoms with E-state index in [0.29, 0.717) is 17.5 Å². The van der Waals surface area contributed by atoms with Gasteiger partial charge in [-0.2, -0.15) is 0 Å². The van der Waals surface area contributed by atoms with E-state index in [1.807, 2.05) is 18.2 Å². The molecule has 0 atom stereocenters. The van der Waals surface area contributed by atoms with E-state index in [-0.39, 0.29) is 12.3 Å². The van der Waals surface area contributed by atoms with E-state index < -0.39 is 5.60 Å². The summed E-state index contributed by atoms with van der Waals surface area (Å²) >= 11 is 6.03. The van der Waals surface area contributed by atoms with Gasteiger partial charge < -0.3 is 10.4 Å². The lowest BCUT2D eigenvalue weighted by molar-refractivity contribution is -0.122. The highest BCUT2D eigenvalue weighted by Gasteiger charge is 2.31. The van der Waals surface area contributed by atoms with Gasteiger partial charge in [-0.25, -0.2) is 0 Å². The molecule has 1 aromatic rings. The Labute approximate surface area is 125 Å². The molecular weight excluding hydrogens is 274 g/mol. The van der Waals surface area contributed by atoms with Crippen molar-refractivity contribution in [2.24, 2.45) is 5.92 Å². The lowest BCUT2D eigenvalue weighted by Gasteiger charge is -2.34. The molecule has 2 N–H and O–H groups in total. The van der Waals surface area contributed by atoms with E-state index in [9.17, 15) is 9.90 Å². The number of benzene rings is 1. The first kappa shape index (κ1) is 15.3. The lowest BCUT2D eigenvalue weighted by Crippen LogP contribution is -2.45. The number of aliphatic hydroxyl groups is 1. The van der Waals surface area contributed by atoms with Crippen molar-refractivity contribution < 1.29 is 9.90 Å². The summed E-state index contributed by atoms with van der Waals surface area (Å²) in [6.45, 7) is 2.54. The highest BCUT2D eigenvalue weighted by molar-refractivity contribution is 6.31. The highest BCUT2D eigenvalue weighted by Crippen LogP contribution is 2.31. The van der Waals surface area contributed by atoms with Crippen LogP contribution in [0.1, 0.15) is 38.2 Å². The van der Waals surface area contributed by atoms with Crippen molar-refractivity contribution in [2.75, 3.05) is 6.54 Å². The largest absolute Gasteiger partial charge is 0.388 e. The van der Waals surface area contributed by atoms with E-state index in [2.05, 4.69) is 12.2 Å². The molecule has 0 heterocycles. The fourth-order valence-electron chi connectivity index (χ4n) is 2.62. The van der Waals surface area contributed by atoms with Gasteiger partial charge in [0.2, 0.25) is 5.91 Å². The van der Waals surface area contributed by atoms with E-state index >= 15 is 0 Å². The van der Waals surface area contributed by atoms with Gasteiger partial charge in [0.15, 0.2) is 0 Å². The summed E-state index contributed by atoms with van der Waals surface area (Å²) in [5, 5.41) is 13.9. The third-order valence-electron chi connectivity index (χ3n) is 4.13. The predicted octanol–water partition coefficient (Wildman–Crippen LogP) is 2.94. The molecule has 0 radical (unpaired) electrons. The number of amides is 1. The van der Waals surface area contributed by atoms with E-state index in [0.717, 1.165) is 31.2 Å². The molecular formula is C16H22ClNO2. The second-order valence-corrected chi connectivity index (χ2v) is 6.36. The first-order chi connectivity index (χ1) is 9.48. The molecule has 4 heteroatoms. The maximum Gasteiger partial charge on any atom is 0.224 e. The summed E-state index contributed by atoms with van der Waals surface area (Å²) in [4.78, 5) is 11.9. The standard InChI is InChI=1S/C16H22ClNO2/c1-12-6-8-16(20,9-7-12)11-18-15(19)10-13-4-2-3-5-14(13)17/h2-5,12,20H,6-11H2,1H3,(H,18,19). The van der Waals surface area contributed by atoms with Gasteiger partial charge in [0.05, 0.1) is 12.0 Å². The molecule has 0 aromatic heterocycles. The zero-order valence-electron chi connectivity index (χ0n) is 11.9. The van der Waals surface area contributed by atoms with Crippen molar-refractivity contribution in [2.45, 2.75) is 44.6 Å². The van der Waals surface area contributed by atoms with Crippen molar-refractivity contribution in [3.8, 4) is 0 Å². The van der Waals surface area contributed by atoms with Crippen LogP contribution in [-0.4, -0.2) is 23.2 Å². The fraction of sp³-hybridized carbons (Fsp3) is 0.562. The minimum atomic E-state index is -0.733. The van der Waals surface area contributed by atoms with Crippen molar-refractivity contribution >= 4 is 17.5 Å². The van der Waals surface area contributed by atoms with Crippen LogP contribution >= 0.6 is 11.6 Å². The van der Waals surface area contributed by atoms with Gasteiger partial charge in [0.25, 0.3) is 0 Å². The van der Waals surface area contributed by atoms with Crippen LogP contribution in [0, 0.1) is 5.92 Å². The molecule has 1 amide bonds. The first-order valence-electron chi connectivity index (χ1n) is 7.21. The van der Waals surface area contributed by atoms with Crippen LogP contribution in [0.25, 0.3) is 0 Å². The van der Waals surface area contributed by atoms with Crippen LogP contribution in [0.3, 0.4) is 0 Å². The summed E-state index contributed by atoms with van der Waals surface area (Å²) in [5.41, 5.74) is 0.0822. The van der Waals surface area contributed by atoms with Crippen LogP contribution in [0.4, 0.5) is 0 Å². The molecule has 1 aromatic carbocycles. The number of rotatable bonds is 4. The van der Waals surface area contributed by atoms with Gasteiger partial charge in [-0.15, -0.1) is 0 Å². The van der Waals surface area contributed by atoms with Gasteiger partial charge in [0.1, 0.15) is 0 Å². The SMILES string of the molecule is CC1CCC(O)(CNC(=O)Cc2ccccc2Cl)CC1. The summed E-state index contributed by atoms with van der Waals surface area (Å²) in [6, 6.07) is 7.33. The molecule has 1 fully saturated rings. The Hall–Kier alpha value is -1.06. The van der Waals surface area contributed by atoms with Gasteiger partial charge >= 0.3 is 0 Å². The molecule has 1 aliphatic rings. The van der Waals surface area contributed by atoms with Crippen molar-refractivity contribution in [3.63, 3.8) is 0 Å². The topological polar surface area (TPSA) is 49.3 Å². The molecule has 1 aliphatic carbocycles. The third kappa shape index (κ3) is 4.22. The minimum absolute atomic E-state index is 0.0925. The van der Waals surface area contributed by atoms with E-state index in [4.69, 9.17) is 11.6 Å². The number of halogens is 1. The summed E-state index contributed by atoms with van der Waals surface area (Å²) in [5.74, 6) is 0.583. The van der Waals surface area contributed by atoms with E-state index in [1.165, 1.54) is 0 Å². The predicted molar refractivity (Wildman–Crippen MR) is 80.7 cm³/mol. The summed E-state index contributed by atoms with van der Waals surface area (Å²) in [7, 11) is 0. The first-order valence-corrected chi connectivity index (χ1v) is 7.59. The van der Waals surface area contributed by atoms with Crippen LogP contribution < -0.4 is 5.32 Å². The zero-order valence-corrected chi connectivity index (χ0v) is 12.6. The zero-order chi connectivity index (χ0) is 14.6. The number of carbonyl (C=O) groups is 1. The normalized spacial score (nSPS) is 26.2. The number of hydrogen-bond donors (Lipinski definition) is 2. The third-order valence-corrected chi connectivity index (χ3v) is 4.50. The molecule has 110 valence electrons. The van der Waals surface area contributed by atoms with Gasteiger partial charge in [-0.3, -0.25) is 4.79 Å². The summed E-state index contributed by atoms with van der Waals surface area (Å²) < 4.78 is 0. The maximum absolute atomic E-state index is 11.9. The molecule has 20 heavy (non-hydrogen) atoms. The average Bonchev–Trinajstić information content (AvgIpc) is 2.43. The molecule has 0 saturated heterocycles. The van der Waals surface area contributed by atoms with Gasteiger partial charge in [-0.1, -0.05) is 36.7 Å². The Morgan fingerprint density at radius 2 is 2.05 bits per heavy atom. The molecule has 0 unspecified atom stereocenters. The molecule has 0 bridgehead atoms. The van der Waals surface area contributed by atoms with Crippen LogP contribution in [0.2, 0.25) is 5.02 Å². The van der Waals surface area contributed by atoms with Crippen LogP contribution in [0.15, 0.2) is 24.3 Å². The lowest BCUT2D eigenvalue weighted by atomic mass is 9.79. The summed E-state index contributed by atoms with van der Waals surface area (Å²) in [6.07, 6.45) is 3.83. The fourth-order valence-corrected chi connectivity index (χ4v) is 2.82. The number of hydrogen-bond acceptors (Lipinski definition) is 2. The van der Waals surface area contributed by atoms with Crippen molar-refractivity contribution in [3.05, 3.63) is 34.9 Å². The Morgan fingerprint density at radius 1 is 1.40 bits per heavy atom. The Morgan fingerprint density at radius 3 is 2.70 bits per heavy atom.